The van der Waals surface area contributed by atoms with Crippen LogP contribution >= 0.6 is 23.2 Å². The smallest absolute Gasteiger partial charge is 0.314 e. The van der Waals surface area contributed by atoms with Gasteiger partial charge in [0.2, 0.25) is 5.91 Å². The number of carbonyl (C=O) groups excluding carboxylic acids is 1. The summed E-state index contributed by atoms with van der Waals surface area (Å²) in [7, 11) is 0. The van der Waals surface area contributed by atoms with Gasteiger partial charge in [0.05, 0.1) is 15.5 Å². The minimum Gasteiger partial charge on any atom is -0.481 e. The van der Waals surface area contributed by atoms with Crippen molar-refractivity contribution in [3.05, 3.63) is 63.4 Å². The zero-order valence-corrected chi connectivity index (χ0v) is 19.2. The van der Waals surface area contributed by atoms with Crippen LogP contribution in [0.1, 0.15) is 43.2 Å². The molecule has 5 nitrogen and oxygen atoms in total. The number of hydrogen-bond donors (Lipinski definition) is 2. The molecule has 32 heavy (non-hydrogen) atoms. The van der Waals surface area contributed by atoms with Crippen LogP contribution < -0.4 is 5.32 Å². The number of rotatable bonds is 6. The highest BCUT2D eigenvalue weighted by molar-refractivity contribution is 6.42. The second kappa shape index (κ2) is 9.00. The molecule has 0 bridgehead atoms. The van der Waals surface area contributed by atoms with Crippen molar-refractivity contribution < 1.29 is 19.1 Å². The lowest BCUT2D eigenvalue weighted by atomic mass is 9.87. The van der Waals surface area contributed by atoms with Crippen LogP contribution in [0.2, 0.25) is 10.0 Å². The molecule has 1 aliphatic heterocycles. The highest BCUT2D eigenvalue weighted by Crippen LogP contribution is 2.55. The lowest BCUT2D eigenvalue weighted by molar-refractivity contribution is -0.140. The Labute approximate surface area is 196 Å². The maximum atomic E-state index is 13.9. The van der Waals surface area contributed by atoms with Crippen LogP contribution in [0, 0.1) is 11.7 Å². The lowest BCUT2D eigenvalue weighted by Gasteiger charge is -2.33. The Morgan fingerprint density at radius 1 is 1.16 bits per heavy atom. The predicted octanol–water partition coefficient (Wildman–Crippen LogP) is 5.31. The number of nitrogens with zero attached hydrogens (tertiary/aromatic N) is 1. The van der Waals surface area contributed by atoms with Crippen LogP contribution in [-0.2, 0) is 15.0 Å². The van der Waals surface area contributed by atoms with E-state index in [1.165, 1.54) is 19.1 Å². The summed E-state index contributed by atoms with van der Waals surface area (Å²) in [6.45, 7) is 3.69. The van der Waals surface area contributed by atoms with E-state index in [1.807, 2.05) is 0 Å². The molecule has 4 rings (SSSR count). The summed E-state index contributed by atoms with van der Waals surface area (Å²) < 4.78 is 13.9. The summed E-state index contributed by atoms with van der Waals surface area (Å²) >= 11 is 12.1. The molecule has 2 aliphatic rings. The number of carboxylic acids is 1. The molecule has 2 aromatic rings. The molecule has 2 unspecified atom stereocenters. The Kier molecular flexibility index (Phi) is 6.48. The zero-order valence-electron chi connectivity index (χ0n) is 17.7. The van der Waals surface area contributed by atoms with Gasteiger partial charge >= 0.3 is 5.97 Å². The summed E-state index contributed by atoms with van der Waals surface area (Å²) in [5.41, 5.74) is 1.25. The Morgan fingerprint density at radius 2 is 1.88 bits per heavy atom. The molecule has 1 heterocycles. The average Bonchev–Trinajstić information content (AvgIpc) is 3.47. The van der Waals surface area contributed by atoms with Gasteiger partial charge in [-0.3, -0.25) is 9.59 Å². The number of nitrogens with one attached hydrogen (secondary N) is 1. The summed E-state index contributed by atoms with van der Waals surface area (Å²) in [4.78, 5) is 26.0. The van der Waals surface area contributed by atoms with E-state index in [0.29, 0.717) is 34.3 Å². The van der Waals surface area contributed by atoms with Crippen molar-refractivity contribution in [1.29, 1.82) is 0 Å². The molecule has 1 amide bonds. The maximum absolute atomic E-state index is 13.9. The quantitative estimate of drug-likeness (QED) is 0.589. The molecule has 0 spiro atoms. The normalized spacial score (nSPS) is 23.7. The van der Waals surface area contributed by atoms with E-state index < -0.39 is 11.4 Å². The third-order valence-corrected chi connectivity index (χ3v) is 7.49. The van der Waals surface area contributed by atoms with Gasteiger partial charge in [0.1, 0.15) is 5.82 Å². The molecule has 0 radical (unpaired) electrons. The molecule has 8 heteroatoms. The lowest BCUT2D eigenvalue weighted by Crippen LogP contribution is -2.36. The molecule has 2 N–H and O–H groups in total. The first-order chi connectivity index (χ1) is 15.2. The van der Waals surface area contributed by atoms with E-state index in [0.717, 1.165) is 31.5 Å². The monoisotopic (exact) mass is 478 g/mol. The van der Waals surface area contributed by atoms with Crippen molar-refractivity contribution in [2.24, 2.45) is 5.92 Å². The number of halogens is 3. The Morgan fingerprint density at radius 3 is 2.50 bits per heavy atom. The first-order valence-corrected chi connectivity index (χ1v) is 11.4. The zero-order chi connectivity index (χ0) is 23.0. The summed E-state index contributed by atoms with van der Waals surface area (Å²) in [5, 5.41) is 13.5. The van der Waals surface area contributed by atoms with Crippen LogP contribution in [0.3, 0.4) is 0 Å². The van der Waals surface area contributed by atoms with Crippen LogP contribution in [0.15, 0.2) is 36.4 Å². The van der Waals surface area contributed by atoms with E-state index in [2.05, 4.69) is 10.2 Å². The third-order valence-electron chi connectivity index (χ3n) is 6.75. The van der Waals surface area contributed by atoms with Crippen LogP contribution in [0.4, 0.5) is 10.1 Å². The second-order valence-corrected chi connectivity index (χ2v) is 9.61. The van der Waals surface area contributed by atoms with Crippen molar-refractivity contribution >= 4 is 40.8 Å². The second-order valence-electron chi connectivity index (χ2n) is 8.79. The van der Waals surface area contributed by atoms with Gasteiger partial charge in [-0.1, -0.05) is 29.3 Å². The van der Waals surface area contributed by atoms with E-state index in [1.54, 1.807) is 24.3 Å². The molecular formula is C24H25Cl2FN2O3. The first kappa shape index (κ1) is 23.0. The molecule has 170 valence electrons. The molecule has 2 aromatic carbocycles. The summed E-state index contributed by atoms with van der Waals surface area (Å²) in [6, 6.07) is 9.54. The molecular weight excluding hydrogens is 454 g/mol. The molecule has 1 aliphatic carbocycles. The number of carboxylic acid groups (broad SMARTS) is 1. The van der Waals surface area contributed by atoms with Crippen LogP contribution in [0.5, 0.6) is 0 Å². The van der Waals surface area contributed by atoms with Crippen LogP contribution in [0.25, 0.3) is 0 Å². The summed E-state index contributed by atoms with van der Waals surface area (Å²) in [5.74, 6) is -1.20. The number of likely N-dealkylation sites (tertiary alicyclic amines) is 1. The van der Waals surface area contributed by atoms with E-state index in [-0.39, 0.29) is 23.6 Å². The standard InChI is InChI=1S/C24H25Cl2FN2O3/c1-14(30)28-22-5-3-18(27)11-19(22)15-6-8-29(9-7-15)13-17-12-24(17,23(31)32)16-2-4-20(25)21(26)10-16/h2-5,10-11,15,17H,6-9,12-13H2,1H3,(H,28,30)(H,31,32). The van der Waals surface area contributed by atoms with Gasteiger partial charge in [-0.05, 0) is 85.6 Å². The fourth-order valence-corrected chi connectivity index (χ4v) is 5.27. The van der Waals surface area contributed by atoms with Crippen LogP contribution in [-0.4, -0.2) is 41.5 Å². The van der Waals surface area contributed by atoms with Crippen molar-refractivity contribution in [1.82, 2.24) is 4.90 Å². The van der Waals surface area contributed by atoms with Gasteiger partial charge in [-0.15, -0.1) is 0 Å². The van der Waals surface area contributed by atoms with Gasteiger partial charge in [0.15, 0.2) is 0 Å². The topological polar surface area (TPSA) is 69.6 Å². The van der Waals surface area contributed by atoms with Gasteiger partial charge in [0, 0.05) is 19.2 Å². The number of piperidine rings is 1. The van der Waals surface area contributed by atoms with Gasteiger partial charge in [-0.2, -0.15) is 0 Å². The van der Waals surface area contributed by atoms with Crippen molar-refractivity contribution in [2.75, 3.05) is 25.0 Å². The molecule has 2 fully saturated rings. The van der Waals surface area contributed by atoms with E-state index in [4.69, 9.17) is 23.2 Å². The number of benzene rings is 2. The highest BCUT2D eigenvalue weighted by Gasteiger charge is 2.61. The Bertz CT molecular complexity index is 1060. The maximum Gasteiger partial charge on any atom is 0.314 e. The van der Waals surface area contributed by atoms with Gasteiger partial charge in [-0.25, -0.2) is 4.39 Å². The third kappa shape index (κ3) is 4.49. The largest absolute Gasteiger partial charge is 0.481 e. The van der Waals surface area contributed by atoms with Crippen molar-refractivity contribution in [3.8, 4) is 0 Å². The summed E-state index contributed by atoms with van der Waals surface area (Å²) in [6.07, 6.45) is 2.20. The Hall–Kier alpha value is -2.15. The van der Waals surface area contributed by atoms with E-state index in [9.17, 15) is 19.1 Å². The number of hydrogen-bond acceptors (Lipinski definition) is 3. The fourth-order valence-electron chi connectivity index (χ4n) is 4.98. The number of amides is 1. The number of carbonyl (C=O) groups is 2. The molecule has 2 atom stereocenters. The van der Waals surface area contributed by atoms with E-state index >= 15 is 0 Å². The van der Waals surface area contributed by atoms with Gasteiger partial charge in [0.25, 0.3) is 0 Å². The number of anilines is 1. The molecule has 1 saturated heterocycles. The minimum atomic E-state index is -0.924. The fraction of sp³-hybridized carbons (Fsp3) is 0.417. The average molecular weight is 479 g/mol. The highest BCUT2D eigenvalue weighted by atomic mass is 35.5. The molecule has 1 saturated carbocycles. The van der Waals surface area contributed by atoms with Crippen molar-refractivity contribution in [2.45, 2.75) is 37.5 Å². The Balaban J connectivity index is 1.42. The first-order valence-electron chi connectivity index (χ1n) is 10.7. The SMILES string of the molecule is CC(=O)Nc1ccc(F)cc1C1CCN(CC2CC2(C(=O)O)c2ccc(Cl)c(Cl)c2)CC1. The number of aliphatic carboxylic acids is 1. The predicted molar refractivity (Wildman–Crippen MR) is 123 cm³/mol. The molecule has 0 aromatic heterocycles. The minimum absolute atomic E-state index is 0.00194. The van der Waals surface area contributed by atoms with Gasteiger partial charge < -0.3 is 15.3 Å². The van der Waals surface area contributed by atoms with Crippen molar-refractivity contribution in [3.63, 3.8) is 0 Å².